The average Bonchev–Trinajstić information content (AvgIpc) is 2.31. The quantitative estimate of drug-likeness (QED) is 0.490. The van der Waals surface area contributed by atoms with E-state index in [1.807, 2.05) is 6.92 Å². The Bertz CT molecular complexity index is 285. The normalized spacial score (nSPS) is 14.8. The molecule has 0 rings (SSSR count). The molecule has 0 unspecified atom stereocenters. The van der Waals surface area contributed by atoms with Gasteiger partial charge in [-0.15, -0.1) is 0 Å². The Kier molecular flexibility index (Phi) is 7.27. The molecule has 0 fully saturated rings. The Morgan fingerprint density at radius 1 is 1.28 bits per heavy atom. The highest BCUT2D eigenvalue weighted by molar-refractivity contribution is 5.68. The van der Waals surface area contributed by atoms with E-state index in [1.165, 1.54) is 5.57 Å². The number of carbonyl (C=O) groups is 1. The van der Waals surface area contributed by atoms with Crippen molar-refractivity contribution >= 4 is 5.97 Å². The Balaban J connectivity index is 4.39. The summed E-state index contributed by atoms with van der Waals surface area (Å²) in [5.41, 5.74) is 1.39. The predicted molar refractivity (Wildman–Crippen MR) is 77.4 cm³/mol. The monoisotopic (exact) mass is 254 g/mol. The van der Waals surface area contributed by atoms with Gasteiger partial charge in [-0.3, -0.25) is 4.79 Å². The topological polar surface area (TPSA) is 26.3 Å². The summed E-state index contributed by atoms with van der Waals surface area (Å²) in [5.74, 6) is 1.00. The summed E-state index contributed by atoms with van der Waals surface area (Å²) in [6.07, 6.45) is 3.84. The number of allylic oxidation sites excluding steroid dienone is 2. The van der Waals surface area contributed by atoms with Gasteiger partial charge in [-0.05, 0) is 32.1 Å². The van der Waals surface area contributed by atoms with Crippen molar-refractivity contribution in [2.75, 3.05) is 6.61 Å². The molecule has 0 aromatic heterocycles. The van der Waals surface area contributed by atoms with Gasteiger partial charge in [0.25, 0.3) is 0 Å². The number of carbonyl (C=O) groups excluding carboxylic acids is 1. The summed E-state index contributed by atoms with van der Waals surface area (Å²) in [7, 11) is 0. The van der Waals surface area contributed by atoms with E-state index in [0.29, 0.717) is 24.9 Å². The van der Waals surface area contributed by atoms with Gasteiger partial charge in [0, 0.05) is 11.8 Å². The molecular formula is C16H30O2. The molecule has 0 heterocycles. The highest BCUT2D eigenvalue weighted by Crippen LogP contribution is 2.34. The van der Waals surface area contributed by atoms with Gasteiger partial charge in [0.1, 0.15) is 0 Å². The molecule has 2 nitrogen and oxygen atoms in total. The maximum atomic E-state index is 11.2. The van der Waals surface area contributed by atoms with Crippen LogP contribution < -0.4 is 0 Å². The smallest absolute Gasteiger partial charge is 0.305 e. The first kappa shape index (κ1) is 17.2. The van der Waals surface area contributed by atoms with Gasteiger partial charge in [-0.25, -0.2) is 0 Å². The molecule has 0 N–H and O–H groups in total. The number of hydrogen-bond donors (Lipinski definition) is 0. The number of rotatable bonds is 7. The third kappa shape index (κ3) is 6.23. The van der Waals surface area contributed by atoms with Crippen molar-refractivity contribution < 1.29 is 9.53 Å². The van der Waals surface area contributed by atoms with E-state index < -0.39 is 0 Å². The van der Waals surface area contributed by atoms with E-state index in [9.17, 15) is 4.79 Å². The highest BCUT2D eigenvalue weighted by atomic mass is 16.5. The van der Waals surface area contributed by atoms with Crippen molar-refractivity contribution in [1.29, 1.82) is 0 Å². The molecule has 106 valence electrons. The second-order valence-corrected chi connectivity index (χ2v) is 6.29. The standard InChI is InChI=1S/C16H30O2/c1-8-15(17)18-11-16(6,7)14(5)13(4)10-9-12(2)3/h9,13-14H,8,10-11H2,1-7H3/t13-,14-/m1/s1. The van der Waals surface area contributed by atoms with Crippen molar-refractivity contribution in [1.82, 2.24) is 0 Å². The number of esters is 1. The molecule has 0 amide bonds. The van der Waals surface area contributed by atoms with Gasteiger partial charge in [-0.2, -0.15) is 0 Å². The molecule has 0 bridgehead atoms. The zero-order chi connectivity index (χ0) is 14.3. The lowest BCUT2D eigenvalue weighted by Crippen LogP contribution is -2.32. The molecule has 0 spiro atoms. The molecule has 2 heteroatoms. The van der Waals surface area contributed by atoms with Crippen molar-refractivity contribution in [3.8, 4) is 0 Å². The van der Waals surface area contributed by atoms with Crippen LogP contribution >= 0.6 is 0 Å². The third-order valence-electron chi connectivity index (χ3n) is 3.88. The van der Waals surface area contributed by atoms with Crippen LogP contribution in [-0.2, 0) is 9.53 Å². The summed E-state index contributed by atoms with van der Waals surface area (Å²) in [4.78, 5) is 11.2. The van der Waals surface area contributed by atoms with Crippen LogP contribution in [0.2, 0.25) is 0 Å². The van der Waals surface area contributed by atoms with Crippen LogP contribution in [-0.4, -0.2) is 12.6 Å². The van der Waals surface area contributed by atoms with E-state index in [-0.39, 0.29) is 11.4 Å². The molecule has 0 aliphatic rings. The van der Waals surface area contributed by atoms with E-state index in [2.05, 4.69) is 47.6 Å². The fourth-order valence-corrected chi connectivity index (χ4v) is 1.90. The molecule has 0 saturated carbocycles. The molecular weight excluding hydrogens is 224 g/mol. The van der Waals surface area contributed by atoms with Crippen LogP contribution in [0.15, 0.2) is 11.6 Å². The lowest BCUT2D eigenvalue weighted by Gasteiger charge is -2.35. The van der Waals surface area contributed by atoms with Gasteiger partial charge >= 0.3 is 5.97 Å². The summed E-state index contributed by atoms with van der Waals surface area (Å²) in [6.45, 7) is 15.5. The minimum atomic E-state index is -0.104. The van der Waals surface area contributed by atoms with Crippen molar-refractivity contribution in [2.45, 2.75) is 61.3 Å². The Morgan fingerprint density at radius 3 is 2.28 bits per heavy atom. The van der Waals surface area contributed by atoms with Gasteiger partial charge in [0.05, 0.1) is 6.61 Å². The SMILES string of the molecule is CCC(=O)OCC(C)(C)[C@H](C)[C@H](C)CC=C(C)C. The van der Waals surface area contributed by atoms with Gasteiger partial charge in [0.2, 0.25) is 0 Å². The lowest BCUT2D eigenvalue weighted by molar-refractivity contribution is -0.147. The van der Waals surface area contributed by atoms with E-state index >= 15 is 0 Å². The Labute approximate surface area is 113 Å². The molecule has 0 aromatic carbocycles. The van der Waals surface area contributed by atoms with Crippen LogP contribution in [0.3, 0.4) is 0 Å². The number of hydrogen-bond acceptors (Lipinski definition) is 2. The van der Waals surface area contributed by atoms with Gasteiger partial charge in [0.15, 0.2) is 0 Å². The summed E-state index contributed by atoms with van der Waals surface area (Å²) < 4.78 is 5.30. The fourth-order valence-electron chi connectivity index (χ4n) is 1.90. The van der Waals surface area contributed by atoms with Gasteiger partial charge < -0.3 is 4.74 Å². The summed E-state index contributed by atoms with van der Waals surface area (Å²) in [5, 5.41) is 0. The first-order chi connectivity index (χ1) is 8.20. The Morgan fingerprint density at radius 2 is 1.83 bits per heavy atom. The molecule has 0 saturated heterocycles. The van der Waals surface area contributed by atoms with Crippen LogP contribution in [0.4, 0.5) is 0 Å². The largest absolute Gasteiger partial charge is 0.465 e. The van der Waals surface area contributed by atoms with Crippen LogP contribution in [0.5, 0.6) is 0 Å². The molecule has 0 aliphatic carbocycles. The maximum Gasteiger partial charge on any atom is 0.305 e. The van der Waals surface area contributed by atoms with Crippen LogP contribution in [0, 0.1) is 17.3 Å². The molecule has 18 heavy (non-hydrogen) atoms. The van der Waals surface area contributed by atoms with Gasteiger partial charge in [-0.1, -0.05) is 46.3 Å². The van der Waals surface area contributed by atoms with E-state index in [4.69, 9.17) is 4.74 Å². The Hall–Kier alpha value is -0.790. The molecule has 0 aromatic rings. The fraction of sp³-hybridized carbons (Fsp3) is 0.812. The van der Waals surface area contributed by atoms with Crippen LogP contribution in [0.25, 0.3) is 0 Å². The zero-order valence-electron chi connectivity index (χ0n) is 13.2. The summed E-state index contributed by atoms with van der Waals surface area (Å²) in [6, 6.07) is 0. The minimum absolute atomic E-state index is 0.0275. The van der Waals surface area contributed by atoms with Crippen molar-refractivity contribution in [3.05, 3.63) is 11.6 Å². The van der Waals surface area contributed by atoms with E-state index in [1.54, 1.807) is 0 Å². The second-order valence-electron chi connectivity index (χ2n) is 6.29. The first-order valence-electron chi connectivity index (χ1n) is 6.99. The second kappa shape index (κ2) is 7.60. The first-order valence-corrected chi connectivity index (χ1v) is 6.99. The van der Waals surface area contributed by atoms with Crippen molar-refractivity contribution in [3.63, 3.8) is 0 Å². The highest BCUT2D eigenvalue weighted by Gasteiger charge is 2.30. The zero-order valence-corrected chi connectivity index (χ0v) is 13.2. The molecule has 0 aliphatic heterocycles. The third-order valence-corrected chi connectivity index (χ3v) is 3.88. The predicted octanol–water partition coefficient (Wildman–Crippen LogP) is 4.59. The summed E-state index contributed by atoms with van der Waals surface area (Å²) >= 11 is 0. The minimum Gasteiger partial charge on any atom is -0.465 e. The molecule has 0 radical (unpaired) electrons. The van der Waals surface area contributed by atoms with Crippen molar-refractivity contribution in [2.24, 2.45) is 17.3 Å². The van der Waals surface area contributed by atoms with E-state index in [0.717, 1.165) is 6.42 Å². The van der Waals surface area contributed by atoms with Crippen LogP contribution in [0.1, 0.15) is 61.3 Å². The lowest BCUT2D eigenvalue weighted by atomic mass is 9.73. The average molecular weight is 254 g/mol. The number of ether oxygens (including phenoxy) is 1. The maximum absolute atomic E-state index is 11.2. The molecule has 2 atom stereocenters.